The molecule has 4 aromatic rings. The molecule has 336 valence electrons. The highest BCUT2D eigenvalue weighted by Gasteiger charge is 2.30. The Labute approximate surface area is 368 Å². The molecule has 3 amide bonds. The van der Waals surface area contributed by atoms with Crippen molar-refractivity contribution < 1.29 is 19.1 Å². The lowest BCUT2D eigenvalue weighted by molar-refractivity contribution is 0.0488. The Morgan fingerprint density at radius 2 is 1.05 bits per heavy atom. The first kappa shape index (κ1) is 44.9. The maximum atomic E-state index is 12.3. The molecule has 18 nitrogen and oxygen atoms in total. The third-order valence-electron chi connectivity index (χ3n) is 12.1. The van der Waals surface area contributed by atoms with Crippen molar-refractivity contribution in [3.63, 3.8) is 0 Å². The van der Waals surface area contributed by atoms with Crippen molar-refractivity contribution in [3.05, 3.63) is 71.3 Å². The zero-order valence-corrected chi connectivity index (χ0v) is 36.5. The summed E-state index contributed by atoms with van der Waals surface area (Å²) in [5.74, 6) is 2.05. The molecule has 11 N–H and O–H groups in total. The minimum Gasteiger partial charge on any atom is -0.444 e. The topological polar surface area (TPSA) is 276 Å². The van der Waals surface area contributed by atoms with Gasteiger partial charge in [0.05, 0.1) is 17.4 Å². The molecular weight excluding hydrogens is 801 g/mol. The second-order valence-corrected chi connectivity index (χ2v) is 18.1. The van der Waals surface area contributed by atoms with Gasteiger partial charge in [0.1, 0.15) is 17.2 Å². The second kappa shape index (κ2) is 20.3. The van der Waals surface area contributed by atoms with E-state index < -0.39 is 23.5 Å². The van der Waals surface area contributed by atoms with Crippen LogP contribution in [0.3, 0.4) is 0 Å². The van der Waals surface area contributed by atoms with Crippen molar-refractivity contribution in [1.29, 1.82) is 0 Å². The number of carbonyl (C=O) groups is 3. The lowest BCUT2D eigenvalue weighted by atomic mass is 9.83. The molecule has 0 spiro atoms. The maximum Gasteiger partial charge on any atom is 0.407 e. The summed E-state index contributed by atoms with van der Waals surface area (Å²) in [5, 5.41) is 32.5. The van der Waals surface area contributed by atoms with Gasteiger partial charge in [-0.05, 0) is 96.4 Å². The first-order valence-corrected chi connectivity index (χ1v) is 22.4. The van der Waals surface area contributed by atoms with E-state index in [1.165, 1.54) is 25.7 Å². The Morgan fingerprint density at radius 1 is 0.587 bits per heavy atom. The molecule has 4 fully saturated rings. The number of hydrogen-bond acceptors (Lipinski definition) is 15. The normalized spacial score (nSPS) is 21.3. The zero-order valence-electron chi connectivity index (χ0n) is 36.5. The predicted octanol–water partition coefficient (Wildman–Crippen LogP) is 6.89. The van der Waals surface area contributed by atoms with Crippen molar-refractivity contribution in [3.8, 4) is 0 Å². The van der Waals surface area contributed by atoms with E-state index in [1.807, 2.05) is 57.2 Å². The highest BCUT2D eigenvalue weighted by atomic mass is 16.6. The molecule has 8 rings (SSSR count). The van der Waals surface area contributed by atoms with Gasteiger partial charge in [0, 0.05) is 53.5 Å². The van der Waals surface area contributed by atoms with E-state index in [0.717, 1.165) is 75.6 Å². The Morgan fingerprint density at radius 3 is 1.49 bits per heavy atom. The van der Waals surface area contributed by atoms with E-state index >= 15 is 0 Å². The molecule has 0 unspecified atom stereocenters. The first-order chi connectivity index (χ1) is 30.3. The number of anilines is 6. The summed E-state index contributed by atoms with van der Waals surface area (Å²) in [6, 6.07) is 15.3. The summed E-state index contributed by atoms with van der Waals surface area (Å²) in [6.07, 6.45) is 14.7. The lowest BCUT2D eigenvalue weighted by Gasteiger charge is -2.33. The van der Waals surface area contributed by atoms with Gasteiger partial charge in [0.25, 0.3) is 11.8 Å². The highest BCUT2D eigenvalue weighted by molar-refractivity contribution is 5.98. The van der Waals surface area contributed by atoms with Crippen LogP contribution in [0.15, 0.2) is 48.5 Å². The number of primary amides is 2. The summed E-state index contributed by atoms with van der Waals surface area (Å²) in [5.41, 5.74) is 19.9. The molecule has 4 heterocycles. The van der Waals surface area contributed by atoms with E-state index in [2.05, 4.69) is 47.0 Å². The van der Waals surface area contributed by atoms with Gasteiger partial charge in [-0.1, -0.05) is 50.7 Å². The number of pyridine rings is 2. The molecule has 4 atom stereocenters. The van der Waals surface area contributed by atoms with Crippen LogP contribution >= 0.6 is 0 Å². The number of nitrogens with two attached hydrogens (primary N) is 3. The van der Waals surface area contributed by atoms with Gasteiger partial charge in [-0.3, -0.25) is 9.59 Å². The quantitative estimate of drug-likeness (QED) is 0.0679. The van der Waals surface area contributed by atoms with Crippen LogP contribution in [0.5, 0.6) is 0 Å². The van der Waals surface area contributed by atoms with Gasteiger partial charge in [-0.2, -0.15) is 0 Å². The van der Waals surface area contributed by atoms with E-state index in [-0.39, 0.29) is 35.6 Å². The van der Waals surface area contributed by atoms with Crippen LogP contribution in [0.1, 0.15) is 155 Å². The number of carbonyl (C=O) groups excluding carboxylic acids is 3. The number of amides is 3. The number of ether oxygens (including phenoxy) is 1. The summed E-state index contributed by atoms with van der Waals surface area (Å²) in [7, 11) is 0. The SMILES string of the molecule is CC(C)(C)OC(=O)N[C@H]1CCCC[C@H]1Nc1cc(Nc2cccc(C3CCC3)n2)c(C(N)=O)nn1.NC(=O)c1nnc(N[C@@H]2CCCC[C@@H]2N)cc1Nc1cccc(C2CCC2)n1. The minimum atomic E-state index is -0.677. The molecule has 4 aromatic heterocycles. The average Bonchev–Trinajstić information content (AvgIpc) is 3.18. The third kappa shape index (κ3) is 12.3. The number of hydrogen-bond donors (Lipinski definition) is 8. The summed E-state index contributed by atoms with van der Waals surface area (Å²) < 4.78 is 5.43. The summed E-state index contributed by atoms with van der Waals surface area (Å²) in [4.78, 5) is 45.6. The van der Waals surface area contributed by atoms with Crippen LogP contribution in [-0.2, 0) is 4.74 Å². The molecule has 0 bridgehead atoms. The van der Waals surface area contributed by atoms with Gasteiger partial charge in [0.2, 0.25) is 0 Å². The zero-order chi connectivity index (χ0) is 44.5. The van der Waals surface area contributed by atoms with Crippen LogP contribution in [0, 0.1) is 0 Å². The van der Waals surface area contributed by atoms with Crippen molar-refractivity contribution >= 4 is 52.6 Å². The second-order valence-electron chi connectivity index (χ2n) is 18.1. The highest BCUT2D eigenvalue weighted by Crippen LogP contribution is 2.37. The van der Waals surface area contributed by atoms with Crippen LogP contribution in [0.4, 0.5) is 39.4 Å². The first-order valence-electron chi connectivity index (χ1n) is 22.4. The predicted molar refractivity (Wildman–Crippen MR) is 242 cm³/mol. The molecule has 0 aliphatic heterocycles. The molecule has 63 heavy (non-hydrogen) atoms. The fourth-order valence-electron chi connectivity index (χ4n) is 8.31. The van der Waals surface area contributed by atoms with Crippen molar-refractivity contribution in [2.24, 2.45) is 17.2 Å². The number of rotatable bonds is 13. The fraction of sp³-hybridized carbons (Fsp3) is 0.533. The molecule has 0 radical (unpaired) electrons. The fourth-order valence-corrected chi connectivity index (χ4v) is 8.31. The van der Waals surface area contributed by atoms with Crippen molar-refractivity contribution in [1.82, 2.24) is 35.7 Å². The van der Waals surface area contributed by atoms with Crippen molar-refractivity contribution in [2.75, 3.05) is 21.3 Å². The van der Waals surface area contributed by atoms with Crippen LogP contribution in [0.2, 0.25) is 0 Å². The lowest BCUT2D eigenvalue weighted by Crippen LogP contribution is -2.49. The Bertz CT molecular complexity index is 2230. The minimum absolute atomic E-state index is 0.0403. The Hall–Kier alpha value is -6.17. The number of nitrogens with zero attached hydrogens (tertiary/aromatic N) is 6. The Kier molecular flexibility index (Phi) is 14.5. The van der Waals surface area contributed by atoms with E-state index in [9.17, 15) is 14.4 Å². The number of alkyl carbamates (subject to hydrolysis) is 1. The number of aromatic nitrogens is 6. The van der Waals surface area contributed by atoms with Gasteiger partial charge in [0.15, 0.2) is 23.0 Å². The monoisotopic (exact) mass is 863 g/mol. The van der Waals surface area contributed by atoms with E-state index in [1.54, 1.807) is 12.1 Å². The Balaban J connectivity index is 0.000000193. The molecule has 4 aliphatic rings. The van der Waals surface area contributed by atoms with Gasteiger partial charge < -0.3 is 48.5 Å². The molecule has 0 aromatic carbocycles. The molecule has 4 saturated carbocycles. The van der Waals surface area contributed by atoms with E-state index in [0.29, 0.717) is 46.5 Å². The molecule has 4 aliphatic carbocycles. The molecular formula is C45H62N14O4. The summed E-state index contributed by atoms with van der Waals surface area (Å²) >= 11 is 0. The molecule has 0 saturated heterocycles. The van der Waals surface area contributed by atoms with Gasteiger partial charge in [-0.15, -0.1) is 20.4 Å². The number of nitrogens with one attached hydrogen (secondary N) is 5. The van der Waals surface area contributed by atoms with Crippen LogP contribution in [0.25, 0.3) is 0 Å². The average molecular weight is 863 g/mol. The third-order valence-corrected chi connectivity index (χ3v) is 12.1. The van der Waals surface area contributed by atoms with Gasteiger partial charge >= 0.3 is 6.09 Å². The van der Waals surface area contributed by atoms with Crippen LogP contribution < -0.4 is 43.8 Å². The summed E-state index contributed by atoms with van der Waals surface area (Å²) in [6.45, 7) is 5.51. The largest absolute Gasteiger partial charge is 0.444 e. The smallest absolute Gasteiger partial charge is 0.407 e. The van der Waals surface area contributed by atoms with Crippen LogP contribution in [-0.4, -0.2) is 78.0 Å². The maximum absolute atomic E-state index is 12.3. The van der Waals surface area contributed by atoms with E-state index in [4.69, 9.17) is 31.9 Å². The van der Waals surface area contributed by atoms with Crippen molar-refractivity contribution in [2.45, 2.75) is 152 Å². The standard InChI is InChI=1S/C25H35N7O3.C20H27N7O/c1-25(2,3)35-24(34)30-18-11-5-4-10-17(18)28-21-14-19(22(23(26)33)32-31-21)29-20-13-7-12-16(27-20)15-8-6-9-15;21-13-7-1-2-8-15(13)24-18-11-16(19(20(22)28)27-26-18)25-17-10-4-9-14(23-17)12-5-3-6-12/h7,12-15,17-18H,4-6,8-11H2,1-3H3,(H2,26,33)(H,30,34)(H2,27,28,29,31);4,9-13,15H,1-3,5-8,21H2,(H2,22,28)(H2,23,24,25,26)/t17-,18+;13-,15+/m10/s1. The molecule has 18 heteroatoms. The van der Waals surface area contributed by atoms with Gasteiger partial charge in [-0.25, -0.2) is 14.8 Å².